The number of hydrogen-bond donors (Lipinski definition) is 2. The smallest absolute Gasteiger partial charge is 0.0720 e. The Bertz CT molecular complexity index is 109. The molecule has 0 saturated heterocycles. The Morgan fingerprint density at radius 1 is 1.15 bits per heavy atom. The first-order valence-corrected chi connectivity index (χ1v) is 7.55. The molecule has 0 rings (SSSR count). The summed E-state index contributed by atoms with van der Waals surface area (Å²) in [7, 11) is 0. The molecule has 0 amide bonds. The van der Waals surface area contributed by atoms with E-state index in [9.17, 15) is 5.11 Å². The summed E-state index contributed by atoms with van der Waals surface area (Å²) in [5, 5.41) is 9.52. The predicted octanol–water partition coefficient (Wildman–Crippen LogP) is 2.40. The molecule has 0 aliphatic rings. The van der Waals surface area contributed by atoms with Gasteiger partial charge in [-0.15, -0.1) is 0 Å². The molecule has 0 radical (unpaired) electrons. The van der Waals surface area contributed by atoms with Gasteiger partial charge in [0.05, 0.1) is 6.10 Å². The van der Waals surface area contributed by atoms with Gasteiger partial charge in [-0.05, 0) is 17.4 Å². The Kier molecular flexibility index (Phi) is 10.3. The van der Waals surface area contributed by atoms with E-state index in [1.165, 1.54) is 0 Å². The molecule has 80 valence electrons. The molecule has 0 aromatic rings. The van der Waals surface area contributed by atoms with Gasteiger partial charge in [-0.25, -0.2) is 0 Å². The van der Waals surface area contributed by atoms with E-state index in [-0.39, 0.29) is 6.10 Å². The molecule has 1 N–H and O–H groups in total. The molecule has 0 aliphatic heterocycles. The number of hydrogen-bond acceptors (Lipinski definition) is 4. The largest absolute Gasteiger partial charge is 0.391 e. The van der Waals surface area contributed by atoms with Crippen LogP contribution in [0.25, 0.3) is 0 Å². The quantitative estimate of drug-likeness (QED) is 0.502. The second-order valence-corrected chi connectivity index (χ2v) is 6.06. The highest BCUT2D eigenvalue weighted by atomic mass is 32.2. The van der Waals surface area contributed by atoms with E-state index in [4.69, 9.17) is 0 Å². The highest BCUT2D eigenvalue weighted by molar-refractivity contribution is 8.00. The molecule has 0 aromatic carbocycles. The van der Waals surface area contributed by atoms with Crippen molar-refractivity contribution in [2.45, 2.75) is 20.0 Å². The van der Waals surface area contributed by atoms with Crippen LogP contribution in [0, 0.1) is 5.92 Å². The Labute approximate surface area is 95.9 Å². The summed E-state index contributed by atoms with van der Waals surface area (Å²) in [5.41, 5.74) is 0. The summed E-state index contributed by atoms with van der Waals surface area (Å²) in [4.78, 5) is 0. The summed E-state index contributed by atoms with van der Waals surface area (Å²) >= 11 is 7.74. The number of rotatable bonds is 8. The third-order valence-corrected chi connectivity index (χ3v) is 4.47. The van der Waals surface area contributed by atoms with E-state index in [0.717, 1.165) is 34.7 Å². The SMILES string of the molecule is CC(C)CSCC(O)CSCCS. The zero-order chi connectivity index (χ0) is 10.1. The first-order chi connectivity index (χ1) is 6.16. The van der Waals surface area contributed by atoms with Crippen LogP contribution in [0.1, 0.15) is 13.8 Å². The van der Waals surface area contributed by atoms with Gasteiger partial charge in [-0.3, -0.25) is 0 Å². The number of thiol groups is 1. The lowest BCUT2D eigenvalue weighted by Gasteiger charge is -2.10. The van der Waals surface area contributed by atoms with Crippen molar-refractivity contribution < 1.29 is 5.11 Å². The maximum absolute atomic E-state index is 9.52. The molecule has 0 bridgehead atoms. The molecule has 0 spiro atoms. The average molecular weight is 240 g/mol. The Morgan fingerprint density at radius 2 is 1.77 bits per heavy atom. The highest BCUT2D eigenvalue weighted by Gasteiger charge is 2.04. The van der Waals surface area contributed by atoms with Crippen LogP contribution in [0.4, 0.5) is 0 Å². The van der Waals surface area contributed by atoms with E-state index in [2.05, 4.69) is 26.5 Å². The number of aliphatic hydroxyl groups is 1. The van der Waals surface area contributed by atoms with E-state index in [1.807, 2.05) is 11.8 Å². The van der Waals surface area contributed by atoms with Crippen LogP contribution in [0.5, 0.6) is 0 Å². The molecular formula is C9H20OS3. The monoisotopic (exact) mass is 240 g/mol. The van der Waals surface area contributed by atoms with Crippen molar-refractivity contribution >= 4 is 36.2 Å². The lowest BCUT2D eigenvalue weighted by atomic mass is 10.3. The summed E-state index contributed by atoms with van der Waals surface area (Å²) in [6.07, 6.45) is -0.145. The van der Waals surface area contributed by atoms with Gasteiger partial charge < -0.3 is 5.11 Å². The molecular weight excluding hydrogens is 220 g/mol. The Hall–Kier alpha value is 1.01. The third-order valence-electron chi connectivity index (χ3n) is 1.31. The molecule has 0 aliphatic carbocycles. The van der Waals surface area contributed by atoms with Crippen LogP contribution < -0.4 is 0 Å². The third kappa shape index (κ3) is 10.9. The van der Waals surface area contributed by atoms with Crippen LogP contribution in [0.2, 0.25) is 0 Å². The van der Waals surface area contributed by atoms with E-state index in [0.29, 0.717) is 0 Å². The molecule has 1 atom stereocenters. The minimum Gasteiger partial charge on any atom is -0.391 e. The van der Waals surface area contributed by atoms with Crippen molar-refractivity contribution in [2.24, 2.45) is 5.92 Å². The minimum absolute atomic E-state index is 0.145. The molecule has 0 aromatic heterocycles. The van der Waals surface area contributed by atoms with E-state index < -0.39 is 0 Å². The van der Waals surface area contributed by atoms with Crippen LogP contribution in [-0.4, -0.2) is 40.0 Å². The first kappa shape index (κ1) is 14.0. The lowest BCUT2D eigenvalue weighted by molar-refractivity contribution is 0.225. The molecule has 0 saturated carbocycles. The lowest BCUT2D eigenvalue weighted by Crippen LogP contribution is -2.14. The summed E-state index contributed by atoms with van der Waals surface area (Å²) < 4.78 is 0. The fraction of sp³-hybridized carbons (Fsp3) is 1.00. The topological polar surface area (TPSA) is 20.2 Å². The Balaban J connectivity index is 3.15. The second-order valence-electron chi connectivity index (χ2n) is 3.38. The van der Waals surface area contributed by atoms with Gasteiger partial charge in [0.1, 0.15) is 0 Å². The standard InChI is InChI=1S/C9H20OS3/c1-8(2)5-13-7-9(10)6-12-4-3-11/h8-11H,3-7H2,1-2H3. The normalized spacial score (nSPS) is 13.6. The van der Waals surface area contributed by atoms with E-state index in [1.54, 1.807) is 11.8 Å². The number of aliphatic hydroxyl groups excluding tert-OH is 1. The summed E-state index contributed by atoms with van der Waals surface area (Å²) in [6.45, 7) is 4.41. The molecule has 1 unspecified atom stereocenters. The predicted molar refractivity (Wildman–Crippen MR) is 69.3 cm³/mol. The zero-order valence-electron chi connectivity index (χ0n) is 8.40. The zero-order valence-corrected chi connectivity index (χ0v) is 10.9. The van der Waals surface area contributed by atoms with Gasteiger partial charge in [0.25, 0.3) is 0 Å². The van der Waals surface area contributed by atoms with Crippen LogP contribution in [-0.2, 0) is 0 Å². The Morgan fingerprint density at radius 3 is 2.31 bits per heavy atom. The number of thioether (sulfide) groups is 2. The van der Waals surface area contributed by atoms with Crippen molar-refractivity contribution in [3.8, 4) is 0 Å². The fourth-order valence-electron chi connectivity index (χ4n) is 0.772. The van der Waals surface area contributed by atoms with Crippen molar-refractivity contribution in [3.05, 3.63) is 0 Å². The van der Waals surface area contributed by atoms with Gasteiger partial charge in [0.2, 0.25) is 0 Å². The van der Waals surface area contributed by atoms with Crippen molar-refractivity contribution in [1.29, 1.82) is 0 Å². The first-order valence-electron chi connectivity index (χ1n) is 4.61. The van der Waals surface area contributed by atoms with Crippen molar-refractivity contribution in [1.82, 2.24) is 0 Å². The maximum Gasteiger partial charge on any atom is 0.0720 e. The highest BCUT2D eigenvalue weighted by Crippen LogP contribution is 2.12. The van der Waals surface area contributed by atoms with Crippen LogP contribution >= 0.6 is 36.2 Å². The van der Waals surface area contributed by atoms with Gasteiger partial charge in [0.15, 0.2) is 0 Å². The summed E-state index contributed by atoms with van der Waals surface area (Å²) in [5.74, 6) is 5.53. The summed E-state index contributed by atoms with van der Waals surface area (Å²) in [6, 6.07) is 0. The minimum atomic E-state index is -0.145. The molecule has 0 heterocycles. The van der Waals surface area contributed by atoms with Gasteiger partial charge in [-0.1, -0.05) is 13.8 Å². The van der Waals surface area contributed by atoms with Crippen molar-refractivity contribution in [2.75, 3.05) is 28.8 Å². The molecule has 4 heteroatoms. The van der Waals surface area contributed by atoms with Gasteiger partial charge in [-0.2, -0.15) is 36.2 Å². The second kappa shape index (κ2) is 9.56. The maximum atomic E-state index is 9.52. The van der Waals surface area contributed by atoms with Crippen LogP contribution in [0.15, 0.2) is 0 Å². The average Bonchev–Trinajstić information content (AvgIpc) is 2.04. The molecule has 0 fully saturated rings. The van der Waals surface area contributed by atoms with E-state index >= 15 is 0 Å². The fourth-order valence-corrected chi connectivity index (χ4v) is 2.99. The molecule has 1 nitrogen and oxygen atoms in total. The van der Waals surface area contributed by atoms with Gasteiger partial charge in [0, 0.05) is 17.3 Å². The van der Waals surface area contributed by atoms with Crippen molar-refractivity contribution in [3.63, 3.8) is 0 Å². The van der Waals surface area contributed by atoms with Gasteiger partial charge >= 0.3 is 0 Å². The van der Waals surface area contributed by atoms with Crippen LogP contribution in [0.3, 0.4) is 0 Å². The molecule has 13 heavy (non-hydrogen) atoms.